The summed E-state index contributed by atoms with van der Waals surface area (Å²) >= 11 is 0.755. The number of rotatable bonds is 1. The Bertz CT molecular complexity index is 1190. The molecule has 0 aliphatic carbocycles. The van der Waals surface area contributed by atoms with Gasteiger partial charge in [-0.15, -0.1) is 11.3 Å². The average molecular weight is 423 g/mol. The minimum Gasteiger partial charge on any atom is -0.616 e. The van der Waals surface area contributed by atoms with Gasteiger partial charge in [0, 0.05) is 25.7 Å². The lowest BCUT2D eigenvalue weighted by molar-refractivity contribution is -0.0648. The Morgan fingerprint density at radius 3 is 2.62 bits per heavy atom. The molecule has 3 heterocycles. The van der Waals surface area contributed by atoms with Gasteiger partial charge in [0.2, 0.25) is 0 Å². The van der Waals surface area contributed by atoms with E-state index in [1.165, 1.54) is 20.2 Å². The second-order valence-electron chi connectivity index (χ2n) is 8.17. The van der Waals surface area contributed by atoms with Crippen molar-refractivity contribution in [1.82, 2.24) is 5.32 Å². The molecule has 0 saturated carbocycles. The highest BCUT2D eigenvalue weighted by atomic mass is 32.2. The Balaban J connectivity index is 1.53. The standard InChI is InChI=1S/C23H22N2O2S2/c1-14-22(24)25-19(11-29(14)26)16-4-6-21-18(10-16)17-9-15(3-5-20(17)28-21)7-8-23(2)12-27-13-23/h3-6,9-10,14,19H,11-13H2,1-2H3,(H2,24,25). The molecule has 0 radical (unpaired) electrons. The van der Waals surface area contributed by atoms with Crippen LogP contribution in [0, 0.1) is 22.7 Å². The summed E-state index contributed by atoms with van der Waals surface area (Å²) in [7, 11) is 0. The van der Waals surface area contributed by atoms with Crippen LogP contribution in [0.1, 0.15) is 31.0 Å². The zero-order valence-electron chi connectivity index (χ0n) is 16.4. The van der Waals surface area contributed by atoms with Crippen molar-refractivity contribution in [1.29, 1.82) is 5.41 Å². The van der Waals surface area contributed by atoms with Gasteiger partial charge < -0.3 is 14.6 Å². The van der Waals surface area contributed by atoms with Crippen LogP contribution in [0.5, 0.6) is 0 Å². The molecule has 3 atom stereocenters. The fraction of sp³-hybridized carbons (Fsp3) is 0.348. The van der Waals surface area contributed by atoms with Crippen LogP contribution < -0.4 is 5.32 Å². The molecule has 3 aromatic rings. The van der Waals surface area contributed by atoms with Crippen molar-refractivity contribution in [3.05, 3.63) is 47.5 Å². The highest BCUT2D eigenvalue weighted by Crippen LogP contribution is 2.36. The van der Waals surface area contributed by atoms with E-state index in [4.69, 9.17) is 10.1 Å². The van der Waals surface area contributed by atoms with E-state index >= 15 is 0 Å². The van der Waals surface area contributed by atoms with Gasteiger partial charge in [0.05, 0.1) is 24.7 Å². The minimum atomic E-state index is -1.02. The number of hydrogen-bond acceptors (Lipinski definition) is 4. The van der Waals surface area contributed by atoms with E-state index < -0.39 is 11.2 Å². The molecule has 2 saturated heterocycles. The highest BCUT2D eigenvalue weighted by Gasteiger charge is 2.34. The fourth-order valence-electron chi connectivity index (χ4n) is 3.76. The van der Waals surface area contributed by atoms with Crippen LogP contribution in [0.4, 0.5) is 0 Å². The minimum absolute atomic E-state index is 0.0251. The molecule has 2 N–H and O–H groups in total. The molecule has 2 aromatic carbocycles. The summed E-state index contributed by atoms with van der Waals surface area (Å²) in [6.45, 7) is 5.39. The second-order valence-corrected chi connectivity index (χ2v) is 11.1. The van der Waals surface area contributed by atoms with Gasteiger partial charge in [-0.2, -0.15) is 0 Å². The van der Waals surface area contributed by atoms with Crippen molar-refractivity contribution >= 4 is 48.5 Å². The van der Waals surface area contributed by atoms with Gasteiger partial charge in [0.15, 0.2) is 5.25 Å². The van der Waals surface area contributed by atoms with Crippen molar-refractivity contribution in [3.63, 3.8) is 0 Å². The van der Waals surface area contributed by atoms with E-state index in [9.17, 15) is 4.55 Å². The molecule has 0 spiro atoms. The Labute approximate surface area is 177 Å². The van der Waals surface area contributed by atoms with Crippen LogP contribution in [0.25, 0.3) is 20.2 Å². The summed E-state index contributed by atoms with van der Waals surface area (Å²) in [6.07, 6.45) is 0. The van der Waals surface area contributed by atoms with E-state index in [1.807, 2.05) is 6.92 Å². The zero-order valence-corrected chi connectivity index (χ0v) is 18.0. The number of amidine groups is 1. The van der Waals surface area contributed by atoms with Crippen LogP contribution >= 0.6 is 11.3 Å². The van der Waals surface area contributed by atoms with E-state index in [-0.39, 0.29) is 16.7 Å². The molecule has 0 bridgehead atoms. The van der Waals surface area contributed by atoms with Crippen LogP contribution in [-0.4, -0.2) is 34.6 Å². The third-order valence-corrected chi connectivity index (χ3v) is 8.55. The zero-order chi connectivity index (χ0) is 20.2. The van der Waals surface area contributed by atoms with Gasteiger partial charge >= 0.3 is 0 Å². The number of ether oxygens (including phenoxy) is 1. The topological polar surface area (TPSA) is 68.2 Å². The summed E-state index contributed by atoms with van der Waals surface area (Å²) in [4.78, 5) is 0. The molecule has 0 amide bonds. The first-order valence-corrected chi connectivity index (χ1v) is 11.9. The van der Waals surface area contributed by atoms with E-state index in [2.05, 4.69) is 60.5 Å². The van der Waals surface area contributed by atoms with Crippen molar-refractivity contribution in [2.75, 3.05) is 19.0 Å². The quantitative estimate of drug-likeness (QED) is 0.456. The molecule has 1 aromatic heterocycles. The third kappa shape index (κ3) is 3.43. The van der Waals surface area contributed by atoms with Gasteiger partial charge in [0.25, 0.3) is 0 Å². The van der Waals surface area contributed by atoms with Crippen molar-refractivity contribution in [3.8, 4) is 11.8 Å². The SMILES string of the molecule is CC1C(=N)NC(c2ccc3sc4ccc(C#CC5(C)COC5)cc4c3c2)C[S+]1[O-]. The fourth-order valence-corrected chi connectivity index (χ4v) is 6.05. The predicted octanol–water partition coefficient (Wildman–Crippen LogP) is 4.20. The van der Waals surface area contributed by atoms with Crippen molar-refractivity contribution in [2.24, 2.45) is 5.41 Å². The molecule has 2 aliphatic heterocycles. The Hall–Kier alpha value is -2.04. The third-order valence-electron chi connectivity index (χ3n) is 5.71. The van der Waals surface area contributed by atoms with Crippen LogP contribution in [-0.2, 0) is 15.9 Å². The van der Waals surface area contributed by atoms with Gasteiger partial charge in [-0.05, 0) is 60.9 Å². The normalized spacial score (nSPS) is 25.9. The lowest BCUT2D eigenvalue weighted by Crippen LogP contribution is -2.48. The summed E-state index contributed by atoms with van der Waals surface area (Å²) < 4.78 is 20.1. The van der Waals surface area contributed by atoms with Gasteiger partial charge in [-0.1, -0.05) is 17.9 Å². The van der Waals surface area contributed by atoms with Crippen LogP contribution in [0.3, 0.4) is 0 Å². The lowest BCUT2D eigenvalue weighted by atomic mass is 9.89. The second kappa shape index (κ2) is 7.03. The molecular weight excluding hydrogens is 400 g/mol. The Kier molecular flexibility index (Phi) is 4.60. The van der Waals surface area contributed by atoms with Crippen molar-refractivity contribution < 1.29 is 9.29 Å². The average Bonchev–Trinajstić information content (AvgIpc) is 3.05. The molecule has 5 rings (SSSR count). The van der Waals surface area contributed by atoms with Gasteiger partial charge in [-0.25, -0.2) is 0 Å². The monoisotopic (exact) mass is 422 g/mol. The number of fused-ring (bicyclic) bond motifs is 3. The highest BCUT2D eigenvalue weighted by molar-refractivity contribution is 7.92. The first-order valence-electron chi connectivity index (χ1n) is 9.71. The molecule has 2 fully saturated rings. The first kappa shape index (κ1) is 19.0. The van der Waals surface area contributed by atoms with E-state index in [0.29, 0.717) is 24.8 Å². The Morgan fingerprint density at radius 2 is 1.93 bits per heavy atom. The lowest BCUT2D eigenvalue weighted by Gasteiger charge is -2.32. The molecule has 3 unspecified atom stereocenters. The number of thiophene rings is 1. The molecule has 29 heavy (non-hydrogen) atoms. The first-order chi connectivity index (χ1) is 13.9. The summed E-state index contributed by atoms with van der Waals surface area (Å²) in [5.74, 6) is 7.57. The molecule has 148 valence electrons. The summed E-state index contributed by atoms with van der Waals surface area (Å²) in [6, 6.07) is 12.7. The summed E-state index contributed by atoms with van der Waals surface area (Å²) in [5, 5.41) is 13.5. The van der Waals surface area contributed by atoms with Gasteiger partial charge in [0.1, 0.15) is 11.6 Å². The number of benzene rings is 2. The maximum atomic E-state index is 12.3. The maximum Gasteiger partial charge on any atom is 0.169 e. The molecule has 6 heteroatoms. The predicted molar refractivity (Wildman–Crippen MR) is 121 cm³/mol. The molecule has 2 aliphatic rings. The van der Waals surface area contributed by atoms with E-state index in [1.54, 1.807) is 11.3 Å². The molecular formula is C23H22N2O2S2. The molecule has 4 nitrogen and oxygen atoms in total. The van der Waals surface area contributed by atoms with Crippen molar-refractivity contribution in [2.45, 2.75) is 25.1 Å². The van der Waals surface area contributed by atoms with Crippen LogP contribution in [0.2, 0.25) is 0 Å². The van der Waals surface area contributed by atoms with E-state index in [0.717, 1.165) is 11.1 Å². The maximum absolute atomic E-state index is 12.3. The Morgan fingerprint density at radius 1 is 1.21 bits per heavy atom. The largest absolute Gasteiger partial charge is 0.616 e. The number of hydrogen-bond donors (Lipinski definition) is 2. The smallest absolute Gasteiger partial charge is 0.169 e. The number of nitrogens with one attached hydrogen (secondary N) is 2. The van der Waals surface area contributed by atoms with Crippen LogP contribution in [0.15, 0.2) is 36.4 Å². The van der Waals surface area contributed by atoms with Gasteiger partial charge in [-0.3, -0.25) is 5.41 Å². The summed E-state index contributed by atoms with van der Waals surface area (Å²) in [5.41, 5.74) is 2.07.